The summed E-state index contributed by atoms with van der Waals surface area (Å²) in [4.78, 5) is 10.8. The second-order valence-electron chi connectivity index (χ2n) is 11.9. The summed E-state index contributed by atoms with van der Waals surface area (Å²) in [5.74, 6) is -0.105. The fourth-order valence-corrected chi connectivity index (χ4v) is 7.86. The van der Waals surface area contributed by atoms with Gasteiger partial charge in [-0.25, -0.2) is 13.2 Å². The number of rotatable bonds is 12. The number of anilines is 1. The monoisotopic (exact) mass is 600 g/mol. The van der Waals surface area contributed by atoms with Crippen LogP contribution in [0.1, 0.15) is 45.1 Å². The Hall–Kier alpha value is -3.21. The first-order chi connectivity index (χ1) is 19.9. The minimum Gasteiger partial charge on any atom is -0.443 e. The summed E-state index contributed by atoms with van der Waals surface area (Å²) in [6, 6.07) is 15.7. The Morgan fingerprint density at radius 1 is 1.21 bits per heavy atom. The molecule has 11 nitrogen and oxygen atoms in total. The van der Waals surface area contributed by atoms with Gasteiger partial charge in [0.15, 0.2) is 21.0 Å². The number of aliphatic hydroxyl groups excluding tert-OH is 1. The number of carbonyl (C=O) groups is 1. The average molecular weight is 601 g/mol. The summed E-state index contributed by atoms with van der Waals surface area (Å²) < 4.78 is 45.3. The number of aliphatic hydroxyl groups is 1. The number of benzene rings is 2. The number of hydrogen-bond acceptors (Lipinski definition) is 10. The molecule has 4 rings (SSSR count). The summed E-state index contributed by atoms with van der Waals surface area (Å²) in [5, 5.41) is 23.9. The van der Waals surface area contributed by atoms with Crippen LogP contribution in [0.3, 0.4) is 0 Å². The minimum atomic E-state index is -4.45. The highest BCUT2D eigenvalue weighted by Crippen LogP contribution is 2.40. The molecule has 0 aliphatic carbocycles. The molecule has 0 spiro atoms. The fourth-order valence-electron chi connectivity index (χ4n) is 5.81. The number of fused-ring (bicyclic) bond motifs is 1. The molecule has 6 atom stereocenters. The molecule has 228 valence electrons. The lowest BCUT2D eigenvalue weighted by molar-refractivity contribution is -0.0907. The zero-order chi connectivity index (χ0) is 30.5. The molecule has 12 heteroatoms. The van der Waals surface area contributed by atoms with Crippen LogP contribution in [0.2, 0.25) is 0 Å². The van der Waals surface area contributed by atoms with Crippen molar-refractivity contribution in [1.82, 2.24) is 5.32 Å². The highest BCUT2D eigenvalue weighted by Gasteiger charge is 2.53. The summed E-state index contributed by atoms with van der Waals surface area (Å²) in [6.45, 7) is 4.26. The Labute approximate surface area is 247 Å². The van der Waals surface area contributed by atoms with Crippen molar-refractivity contribution in [1.29, 1.82) is 5.26 Å². The Balaban J connectivity index is 1.69. The summed E-state index contributed by atoms with van der Waals surface area (Å²) in [7, 11) is -4.45. The number of nitriles is 1. The van der Waals surface area contributed by atoms with E-state index >= 15 is 0 Å². The highest BCUT2D eigenvalue weighted by atomic mass is 32.2. The van der Waals surface area contributed by atoms with Gasteiger partial charge < -0.3 is 36.1 Å². The lowest BCUT2D eigenvalue weighted by Crippen LogP contribution is -2.65. The number of ether oxygens (including phenoxy) is 3. The molecular formula is C30H40N4O7S. The summed E-state index contributed by atoms with van der Waals surface area (Å²) >= 11 is 0. The number of hydrogen-bond donors (Lipinski definition) is 4. The van der Waals surface area contributed by atoms with Gasteiger partial charge in [0.2, 0.25) is 0 Å². The molecule has 2 aromatic rings. The maximum atomic E-state index is 14.3. The number of nitrogen functional groups attached to an aromatic ring is 1. The van der Waals surface area contributed by atoms with Crippen LogP contribution in [-0.2, 0) is 30.5 Å². The molecule has 0 aromatic heterocycles. The molecular weight excluding hydrogens is 560 g/mol. The van der Waals surface area contributed by atoms with Crippen molar-refractivity contribution >= 4 is 21.6 Å². The van der Waals surface area contributed by atoms with Crippen molar-refractivity contribution in [3.63, 3.8) is 0 Å². The van der Waals surface area contributed by atoms with E-state index in [1.807, 2.05) is 6.07 Å². The van der Waals surface area contributed by atoms with Crippen molar-refractivity contribution in [2.24, 2.45) is 17.1 Å². The van der Waals surface area contributed by atoms with Crippen molar-refractivity contribution in [3.8, 4) is 6.07 Å². The normalized spacial score (nSPS) is 23.3. The van der Waals surface area contributed by atoms with Crippen molar-refractivity contribution in [2.45, 2.75) is 80.3 Å². The summed E-state index contributed by atoms with van der Waals surface area (Å²) in [5.41, 5.74) is 12.9. The Morgan fingerprint density at radius 3 is 2.64 bits per heavy atom. The van der Waals surface area contributed by atoms with Gasteiger partial charge >= 0.3 is 6.09 Å². The third-order valence-corrected chi connectivity index (χ3v) is 10.3. The molecule has 6 N–H and O–H groups in total. The van der Waals surface area contributed by atoms with Crippen LogP contribution in [0, 0.1) is 22.7 Å². The molecule has 42 heavy (non-hydrogen) atoms. The van der Waals surface area contributed by atoms with Gasteiger partial charge in [0, 0.05) is 12.1 Å². The van der Waals surface area contributed by atoms with Crippen molar-refractivity contribution in [3.05, 3.63) is 60.2 Å². The average Bonchev–Trinajstić information content (AvgIpc) is 3.56. The Bertz CT molecular complexity index is 1380. The lowest BCUT2D eigenvalue weighted by Gasteiger charge is -2.42. The second-order valence-corrected chi connectivity index (χ2v) is 14.1. The molecule has 0 bridgehead atoms. The molecule has 1 amide bonds. The number of sulfone groups is 1. The maximum Gasteiger partial charge on any atom is 0.407 e. The minimum absolute atomic E-state index is 0.0669. The summed E-state index contributed by atoms with van der Waals surface area (Å²) in [6.07, 6.45) is -2.54. The van der Waals surface area contributed by atoms with Gasteiger partial charge in [0.05, 0.1) is 36.1 Å². The van der Waals surface area contributed by atoms with Crippen LogP contribution in [0.15, 0.2) is 59.5 Å². The first-order valence-corrected chi connectivity index (χ1v) is 15.5. The van der Waals surface area contributed by atoms with E-state index in [0.29, 0.717) is 19.4 Å². The number of carbonyl (C=O) groups excluding carboxylic acids is 1. The first kappa shape index (κ1) is 31.7. The molecule has 2 heterocycles. The number of amides is 1. The lowest BCUT2D eigenvalue weighted by atomic mass is 9.79. The fraction of sp³-hybridized carbons (Fsp3) is 0.533. The zero-order valence-corrected chi connectivity index (χ0v) is 24.8. The number of nitrogens with zero attached hydrogens (tertiary/aromatic N) is 1. The van der Waals surface area contributed by atoms with Crippen LogP contribution < -0.4 is 16.8 Å². The van der Waals surface area contributed by atoms with E-state index in [9.17, 15) is 23.6 Å². The van der Waals surface area contributed by atoms with Crippen LogP contribution in [0.25, 0.3) is 0 Å². The Morgan fingerprint density at radius 2 is 1.95 bits per heavy atom. The van der Waals surface area contributed by atoms with Crippen LogP contribution in [-0.4, -0.2) is 62.2 Å². The van der Waals surface area contributed by atoms with E-state index in [4.69, 9.17) is 25.7 Å². The molecule has 2 aromatic carbocycles. The first-order valence-electron chi connectivity index (χ1n) is 14.0. The van der Waals surface area contributed by atoms with Gasteiger partial charge in [-0.3, -0.25) is 0 Å². The van der Waals surface area contributed by atoms with E-state index < -0.39 is 50.8 Å². The van der Waals surface area contributed by atoms with Crippen molar-refractivity contribution < 1.29 is 32.5 Å². The molecule has 2 fully saturated rings. The van der Waals surface area contributed by atoms with Gasteiger partial charge in [-0.1, -0.05) is 50.2 Å². The largest absolute Gasteiger partial charge is 0.443 e. The van der Waals surface area contributed by atoms with E-state index in [2.05, 4.69) is 11.4 Å². The number of nitrogens with two attached hydrogens (primary N) is 2. The SMILES string of the molecule is CC(C)(CCC#N)CC(N)([C@H](O)[C@H](Cc1ccccc1)NC(=O)O[C@@H]1CO[C@@H]2OCC[C@@H]21)S(=O)(=O)c1cccc(N)c1. The van der Waals surface area contributed by atoms with E-state index in [1.165, 1.54) is 18.2 Å². The van der Waals surface area contributed by atoms with Crippen molar-refractivity contribution in [2.75, 3.05) is 18.9 Å². The van der Waals surface area contributed by atoms with Gasteiger partial charge in [0.25, 0.3) is 0 Å². The van der Waals surface area contributed by atoms with Crippen LogP contribution in [0.4, 0.5) is 10.5 Å². The molecule has 0 saturated carbocycles. The molecule has 1 unspecified atom stereocenters. The predicted octanol–water partition coefficient (Wildman–Crippen LogP) is 2.88. The topological polar surface area (TPSA) is 187 Å². The molecule has 2 saturated heterocycles. The quantitative estimate of drug-likeness (QED) is 0.264. The third-order valence-electron chi connectivity index (χ3n) is 8.06. The van der Waals surface area contributed by atoms with E-state index in [0.717, 1.165) is 5.56 Å². The smallest absolute Gasteiger partial charge is 0.407 e. The molecule has 2 aliphatic rings. The highest BCUT2D eigenvalue weighted by molar-refractivity contribution is 7.92. The van der Waals surface area contributed by atoms with Crippen LogP contribution in [0.5, 0.6) is 0 Å². The Kier molecular flexibility index (Phi) is 9.80. The second kappa shape index (κ2) is 13.0. The predicted molar refractivity (Wildman–Crippen MR) is 155 cm³/mol. The van der Waals surface area contributed by atoms with Gasteiger partial charge in [0.1, 0.15) is 12.2 Å². The maximum absolute atomic E-state index is 14.3. The van der Waals surface area contributed by atoms with Gasteiger partial charge in [-0.15, -0.1) is 0 Å². The van der Waals surface area contributed by atoms with Gasteiger partial charge in [-0.2, -0.15) is 5.26 Å². The van der Waals surface area contributed by atoms with Crippen LogP contribution >= 0.6 is 0 Å². The van der Waals surface area contributed by atoms with E-state index in [1.54, 1.807) is 44.2 Å². The molecule has 2 aliphatic heterocycles. The van der Waals surface area contributed by atoms with E-state index in [-0.39, 0.29) is 42.4 Å². The molecule has 0 radical (unpaired) electrons. The number of alkyl carbamates (subject to hydrolysis) is 1. The number of nitrogens with one attached hydrogen (secondary N) is 1. The van der Waals surface area contributed by atoms with Gasteiger partial charge in [-0.05, 0) is 54.9 Å². The zero-order valence-electron chi connectivity index (χ0n) is 23.9. The standard InChI is InChI=1S/C30H40N4O7S/c1-29(2,13-7-14-31)19-30(33,42(37,38)22-11-6-10-21(32)17-22)26(35)24(16-20-8-4-3-5-9-20)34-28(36)41-25-18-40-27-23(25)12-15-39-27/h3-6,8-11,17,23-27,35H,7,12-13,15-16,18-19,32-33H2,1-2H3,(H,34,36)/t23-,24+,25-,26-,27+,30?/m1/s1. The third kappa shape index (κ3) is 7.04.